The summed E-state index contributed by atoms with van der Waals surface area (Å²) in [6, 6.07) is 3.96. The second-order valence-corrected chi connectivity index (χ2v) is 6.38. The molecule has 5 nitrogen and oxygen atoms in total. The van der Waals surface area contributed by atoms with Gasteiger partial charge in [-0.15, -0.1) is 16.4 Å². The second kappa shape index (κ2) is 5.77. The van der Waals surface area contributed by atoms with Crippen LogP contribution < -0.4 is 0 Å². The molecule has 1 fully saturated rings. The average molecular weight is 311 g/mol. The van der Waals surface area contributed by atoms with Gasteiger partial charge in [0.15, 0.2) is 0 Å². The van der Waals surface area contributed by atoms with E-state index in [4.69, 9.17) is 21.4 Å². The number of thiophene rings is 1. The van der Waals surface area contributed by atoms with Gasteiger partial charge in [0.2, 0.25) is 0 Å². The zero-order valence-corrected chi connectivity index (χ0v) is 13.1. The molecule has 7 heteroatoms. The van der Waals surface area contributed by atoms with Crippen LogP contribution in [0.25, 0.3) is 10.8 Å². The Hall–Kier alpha value is -1.02. The molecule has 0 amide bonds. The molecule has 2 aromatic heterocycles. The number of aromatic nitrogens is 2. The van der Waals surface area contributed by atoms with Crippen LogP contribution in [0.3, 0.4) is 0 Å². The van der Waals surface area contributed by atoms with Crippen molar-refractivity contribution in [2.24, 2.45) is 0 Å². The van der Waals surface area contributed by atoms with Crippen molar-refractivity contribution in [2.45, 2.75) is 32.7 Å². The van der Waals surface area contributed by atoms with Gasteiger partial charge in [-0.25, -0.2) is 4.68 Å². The zero-order valence-electron chi connectivity index (χ0n) is 11.5. The summed E-state index contributed by atoms with van der Waals surface area (Å²) in [5.74, 6) is 0.597. The monoisotopic (exact) mass is 311 g/mol. The molecule has 0 bridgehead atoms. The number of hydrogen-bond donors (Lipinski definition) is 0. The molecule has 0 aromatic carbocycles. The molecule has 2 aromatic rings. The van der Waals surface area contributed by atoms with Gasteiger partial charge < -0.3 is 9.15 Å². The van der Waals surface area contributed by atoms with E-state index in [-0.39, 0.29) is 12.2 Å². The number of morpholine rings is 1. The Kier molecular flexibility index (Phi) is 4.02. The Morgan fingerprint density at radius 2 is 2.15 bits per heavy atom. The van der Waals surface area contributed by atoms with Gasteiger partial charge in [0.1, 0.15) is 0 Å². The van der Waals surface area contributed by atoms with Crippen LogP contribution in [0.1, 0.15) is 13.8 Å². The molecule has 0 N–H and O–H groups in total. The van der Waals surface area contributed by atoms with Crippen molar-refractivity contribution in [2.75, 3.05) is 13.1 Å². The number of ether oxygens (including phenoxy) is 1. The average Bonchev–Trinajstić information content (AvgIpc) is 2.98. The SMILES string of the molecule is C[C@@H]1CN(Cn2nc(-c3cccs3)oc2=S)C[C@@H](C)O1. The van der Waals surface area contributed by atoms with Crippen molar-refractivity contribution in [1.29, 1.82) is 0 Å². The highest BCUT2D eigenvalue weighted by molar-refractivity contribution is 7.71. The van der Waals surface area contributed by atoms with E-state index in [0.717, 1.165) is 18.0 Å². The van der Waals surface area contributed by atoms with Gasteiger partial charge in [-0.3, -0.25) is 4.90 Å². The summed E-state index contributed by atoms with van der Waals surface area (Å²) in [4.78, 5) is 3.70. The highest BCUT2D eigenvalue weighted by Crippen LogP contribution is 2.23. The lowest BCUT2D eigenvalue weighted by Gasteiger charge is -2.34. The fraction of sp³-hybridized carbons (Fsp3) is 0.538. The molecular formula is C13H17N3O2S2. The molecule has 1 saturated heterocycles. The second-order valence-electron chi connectivity index (χ2n) is 5.08. The maximum absolute atomic E-state index is 5.73. The van der Waals surface area contributed by atoms with E-state index >= 15 is 0 Å². The van der Waals surface area contributed by atoms with Crippen LogP contribution >= 0.6 is 23.6 Å². The Labute approximate surface area is 126 Å². The van der Waals surface area contributed by atoms with Gasteiger partial charge in [-0.2, -0.15) is 0 Å². The van der Waals surface area contributed by atoms with Gasteiger partial charge in [0.05, 0.1) is 23.8 Å². The van der Waals surface area contributed by atoms with E-state index < -0.39 is 0 Å². The number of hydrogen-bond acceptors (Lipinski definition) is 6. The highest BCUT2D eigenvalue weighted by Gasteiger charge is 2.23. The first-order valence-electron chi connectivity index (χ1n) is 6.61. The first-order valence-corrected chi connectivity index (χ1v) is 7.90. The maximum Gasteiger partial charge on any atom is 0.288 e. The van der Waals surface area contributed by atoms with Crippen molar-refractivity contribution < 1.29 is 9.15 Å². The Morgan fingerprint density at radius 1 is 1.40 bits per heavy atom. The molecule has 3 rings (SSSR count). The molecule has 1 aliphatic rings. The summed E-state index contributed by atoms with van der Waals surface area (Å²) in [5, 5.41) is 6.47. The van der Waals surface area contributed by atoms with Crippen LogP contribution in [0, 0.1) is 4.84 Å². The van der Waals surface area contributed by atoms with E-state index in [1.54, 1.807) is 16.0 Å². The molecule has 108 valence electrons. The summed E-state index contributed by atoms with van der Waals surface area (Å²) in [7, 11) is 0. The van der Waals surface area contributed by atoms with Crippen LogP contribution in [0.4, 0.5) is 0 Å². The summed E-state index contributed by atoms with van der Waals surface area (Å²) in [6.07, 6.45) is 0.466. The lowest BCUT2D eigenvalue weighted by Crippen LogP contribution is -2.46. The van der Waals surface area contributed by atoms with Crippen molar-refractivity contribution in [3.63, 3.8) is 0 Å². The van der Waals surface area contributed by atoms with Gasteiger partial charge in [0.25, 0.3) is 10.7 Å². The summed E-state index contributed by atoms with van der Waals surface area (Å²) >= 11 is 6.85. The highest BCUT2D eigenvalue weighted by atomic mass is 32.1. The number of nitrogens with zero attached hydrogens (tertiary/aromatic N) is 3. The van der Waals surface area contributed by atoms with E-state index in [1.807, 2.05) is 17.5 Å². The Morgan fingerprint density at radius 3 is 2.80 bits per heavy atom. The first kappa shape index (κ1) is 13.9. The zero-order chi connectivity index (χ0) is 14.1. The Bertz CT molecular complexity index is 610. The largest absolute Gasteiger partial charge is 0.408 e. The van der Waals surface area contributed by atoms with E-state index in [1.165, 1.54) is 0 Å². The van der Waals surface area contributed by atoms with Crippen LogP contribution in [-0.4, -0.2) is 40.0 Å². The summed E-state index contributed by atoms with van der Waals surface area (Å²) < 4.78 is 13.0. The maximum atomic E-state index is 5.73. The van der Waals surface area contributed by atoms with Crippen LogP contribution in [0.5, 0.6) is 0 Å². The van der Waals surface area contributed by atoms with E-state index in [9.17, 15) is 0 Å². The molecule has 0 radical (unpaired) electrons. The predicted molar refractivity (Wildman–Crippen MR) is 80.2 cm³/mol. The van der Waals surface area contributed by atoms with Crippen molar-refractivity contribution in [3.05, 3.63) is 22.4 Å². The lowest BCUT2D eigenvalue weighted by atomic mass is 10.2. The quantitative estimate of drug-likeness (QED) is 0.815. The van der Waals surface area contributed by atoms with Gasteiger partial charge in [0, 0.05) is 13.1 Å². The standard InChI is InChI=1S/C13H17N3O2S2/c1-9-6-15(7-10(2)17-9)8-16-13(19)18-12(14-16)11-4-3-5-20-11/h3-5,9-10H,6-8H2,1-2H3/t9-,10-/m1/s1. The molecule has 0 aliphatic carbocycles. The molecule has 0 saturated carbocycles. The molecule has 20 heavy (non-hydrogen) atoms. The topological polar surface area (TPSA) is 43.4 Å². The van der Waals surface area contributed by atoms with Crippen molar-refractivity contribution in [3.8, 4) is 10.8 Å². The third-order valence-corrected chi connectivity index (χ3v) is 4.32. The minimum absolute atomic E-state index is 0.233. The van der Waals surface area contributed by atoms with E-state index in [2.05, 4.69) is 23.8 Å². The molecule has 3 heterocycles. The van der Waals surface area contributed by atoms with Crippen molar-refractivity contribution in [1.82, 2.24) is 14.7 Å². The van der Waals surface area contributed by atoms with Crippen LogP contribution in [0.15, 0.2) is 21.9 Å². The third kappa shape index (κ3) is 3.01. The minimum Gasteiger partial charge on any atom is -0.408 e. The predicted octanol–water partition coefficient (Wildman–Crippen LogP) is 3.00. The summed E-state index contributed by atoms with van der Waals surface area (Å²) in [6.45, 7) is 6.58. The first-order chi connectivity index (χ1) is 9.61. The molecule has 0 spiro atoms. The van der Waals surface area contributed by atoms with Crippen LogP contribution in [-0.2, 0) is 11.4 Å². The normalized spacial score (nSPS) is 24.1. The molecule has 0 unspecified atom stereocenters. The van der Waals surface area contributed by atoms with Crippen molar-refractivity contribution >= 4 is 23.6 Å². The lowest BCUT2D eigenvalue weighted by molar-refractivity contribution is -0.0778. The minimum atomic E-state index is 0.233. The third-order valence-electron chi connectivity index (χ3n) is 3.17. The molecular weight excluding hydrogens is 294 g/mol. The fourth-order valence-corrected chi connectivity index (χ4v) is 3.31. The molecule has 2 atom stereocenters. The van der Waals surface area contributed by atoms with Gasteiger partial charge >= 0.3 is 0 Å². The summed E-state index contributed by atoms with van der Waals surface area (Å²) in [5.41, 5.74) is 0. The Balaban J connectivity index is 1.76. The molecule has 1 aliphatic heterocycles. The number of rotatable bonds is 3. The van der Waals surface area contributed by atoms with E-state index in [0.29, 0.717) is 17.4 Å². The van der Waals surface area contributed by atoms with Gasteiger partial charge in [-0.05, 0) is 37.5 Å². The smallest absolute Gasteiger partial charge is 0.288 e. The fourth-order valence-electron chi connectivity index (χ4n) is 2.48. The van der Waals surface area contributed by atoms with Crippen LogP contribution in [0.2, 0.25) is 0 Å². The van der Waals surface area contributed by atoms with Gasteiger partial charge in [-0.1, -0.05) is 6.07 Å².